The van der Waals surface area contributed by atoms with E-state index in [2.05, 4.69) is 4.74 Å². The van der Waals surface area contributed by atoms with Crippen molar-refractivity contribution in [2.45, 2.75) is 45.1 Å². The standard InChI is InChI=1S/C10H16O7.C2H3N/c1-2-3-4-17-8(13)6-10(16,9(14)15)5-7(11)12;1-2-3/h16H,2-6H2,1H3,(H,11,12)(H,14,15);1H3. The van der Waals surface area contributed by atoms with E-state index in [-0.39, 0.29) is 6.61 Å². The molecule has 0 saturated heterocycles. The Labute approximate surface area is 116 Å². The molecule has 0 aromatic rings. The third-order valence-corrected chi connectivity index (χ3v) is 2.04. The third-order valence-electron chi connectivity index (χ3n) is 2.04. The molecule has 0 heterocycles. The zero-order valence-electron chi connectivity index (χ0n) is 11.5. The monoisotopic (exact) mass is 289 g/mol. The van der Waals surface area contributed by atoms with Crippen molar-refractivity contribution in [1.82, 2.24) is 0 Å². The number of carboxylic acids is 2. The van der Waals surface area contributed by atoms with E-state index >= 15 is 0 Å². The molecule has 0 rings (SSSR count). The van der Waals surface area contributed by atoms with Gasteiger partial charge in [0.15, 0.2) is 5.60 Å². The minimum Gasteiger partial charge on any atom is -0.481 e. The Hall–Kier alpha value is -2.14. The number of carbonyl (C=O) groups excluding carboxylic acids is 1. The summed E-state index contributed by atoms with van der Waals surface area (Å²) in [6.07, 6.45) is -0.509. The van der Waals surface area contributed by atoms with Crippen LogP contribution in [0, 0.1) is 11.3 Å². The minimum atomic E-state index is -2.62. The summed E-state index contributed by atoms with van der Waals surface area (Å²) in [7, 11) is 0. The van der Waals surface area contributed by atoms with Crippen molar-refractivity contribution in [3.05, 3.63) is 0 Å². The second kappa shape index (κ2) is 10.8. The molecule has 0 fully saturated rings. The molecule has 114 valence electrons. The first-order chi connectivity index (χ1) is 9.23. The number of aliphatic carboxylic acids is 2. The number of nitrogens with zero attached hydrogens (tertiary/aromatic N) is 1. The highest BCUT2D eigenvalue weighted by Gasteiger charge is 2.41. The van der Waals surface area contributed by atoms with Gasteiger partial charge in [-0.1, -0.05) is 13.3 Å². The fraction of sp³-hybridized carbons (Fsp3) is 0.667. The molecule has 0 aromatic heterocycles. The van der Waals surface area contributed by atoms with Crippen LogP contribution in [-0.4, -0.2) is 45.4 Å². The van der Waals surface area contributed by atoms with Gasteiger partial charge in [0.25, 0.3) is 0 Å². The van der Waals surface area contributed by atoms with Gasteiger partial charge in [0.2, 0.25) is 0 Å². The lowest BCUT2D eigenvalue weighted by atomic mass is 9.96. The van der Waals surface area contributed by atoms with Crippen LogP contribution in [0.25, 0.3) is 0 Å². The van der Waals surface area contributed by atoms with Crippen molar-refractivity contribution in [3.63, 3.8) is 0 Å². The average Bonchev–Trinajstić information content (AvgIpc) is 2.28. The summed E-state index contributed by atoms with van der Waals surface area (Å²) in [6, 6.07) is 1.75. The second-order valence-corrected chi connectivity index (χ2v) is 3.88. The first-order valence-corrected chi connectivity index (χ1v) is 5.87. The van der Waals surface area contributed by atoms with Crippen molar-refractivity contribution in [2.24, 2.45) is 0 Å². The normalized spacial score (nSPS) is 12.1. The number of nitriles is 1. The number of aliphatic hydroxyl groups is 1. The van der Waals surface area contributed by atoms with Crippen LogP contribution in [-0.2, 0) is 19.1 Å². The maximum Gasteiger partial charge on any atom is 0.336 e. The molecule has 0 radical (unpaired) electrons. The van der Waals surface area contributed by atoms with Crippen LogP contribution < -0.4 is 0 Å². The van der Waals surface area contributed by atoms with Gasteiger partial charge in [0.05, 0.1) is 25.5 Å². The molecule has 0 bridgehead atoms. The lowest BCUT2D eigenvalue weighted by molar-refractivity contribution is -0.172. The Morgan fingerprint density at radius 3 is 2.10 bits per heavy atom. The Morgan fingerprint density at radius 2 is 1.75 bits per heavy atom. The van der Waals surface area contributed by atoms with Crippen LogP contribution in [0.4, 0.5) is 0 Å². The summed E-state index contributed by atoms with van der Waals surface area (Å²) < 4.78 is 4.65. The number of hydrogen-bond acceptors (Lipinski definition) is 6. The summed E-state index contributed by atoms with van der Waals surface area (Å²) in [5.41, 5.74) is -2.62. The van der Waals surface area contributed by atoms with Crippen LogP contribution in [0.15, 0.2) is 0 Å². The largest absolute Gasteiger partial charge is 0.481 e. The molecule has 1 unspecified atom stereocenters. The van der Waals surface area contributed by atoms with Gasteiger partial charge in [0, 0.05) is 6.92 Å². The van der Waals surface area contributed by atoms with Crippen molar-refractivity contribution in [2.75, 3.05) is 6.61 Å². The SMILES string of the molecule is CC#N.CCCCOC(=O)CC(O)(CC(=O)O)C(=O)O. The van der Waals surface area contributed by atoms with Gasteiger partial charge in [-0.15, -0.1) is 0 Å². The quantitative estimate of drug-likeness (QED) is 0.433. The van der Waals surface area contributed by atoms with Crippen molar-refractivity contribution in [1.29, 1.82) is 5.26 Å². The number of carboxylic acid groups (broad SMARTS) is 2. The lowest BCUT2D eigenvalue weighted by Gasteiger charge is -2.20. The molecule has 0 saturated carbocycles. The van der Waals surface area contributed by atoms with Crippen LogP contribution >= 0.6 is 0 Å². The highest BCUT2D eigenvalue weighted by Crippen LogP contribution is 2.17. The molecule has 8 heteroatoms. The van der Waals surface area contributed by atoms with E-state index in [9.17, 15) is 19.5 Å². The number of rotatable bonds is 8. The van der Waals surface area contributed by atoms with Gasteiger partial charge in [-0.2, -0.15) is 5.26 Å². The highest BCUT2D eigenvalue weighted by molar-refractivity contribution is 5.88. The Kier molecular flexibility index (Phi) is 10.9. The molecule has 8 nitrogen and oxygen atoms in total. The van der Waals surface area contributed by atoms with E-state index in [1.165, 1.54) is 6.92 Å². The molecular weight excluding hydrogens is 270 g/mol. The molecule has 3 N–H and O–H groups in total. The van der Waals surface area contributed by atoms with Crippen LogP contribution in [0.3, 0.4) is 0 Å². The summed E-state index contributed by atoms with van der Waals surface area (Å²) in [4.78, 5) is 32.3. The smallest absolute Gasteiger partial charge is 0.336 e. The minimum absolute atomic E-state index is 0.123. The van der Waals surface area contributed by atoms with E-state index in [1.54, 1.807) is 6.07 Å². The van der Waals surface area contributed by atoms with Crippen molar-refractivity contribution >= 4 is 17.9 Å². The first-order valence-electron chi connectivity index (χ1n) is 5.87. The summed E-state index contributed by atoms with van der Waals surface area (Å²) in [5, 5.41) is 34.0. The molecule has 0 aliphatic heterocycles. The van der Waals surface area contributed by atoms with E-state index < -0.39 is 36.4 Å². The predicted octanol–water partition coefficient (Wildman–Crippen LogP) is 0.540. The molecule has 1 atom stereocenters. The zero-order chi connectivity index (χ0) is 16.2. The fourth-order valence-corrected chi connectivity index (χ4v) is 1.08. The lowest BCUT2D eigenvalue weighted by Crippen LogP contribution is -2.43. The van der Waals surface area contributed by atoms with Gasteiger partial charge in [0.1, 0.15) is 0 Å². The van der Waals surface area contributed by atoms with Crippen LogP contribution in [0.1, 0.15) is 39.5 Å². The molecule has 0 aromatic carbocycles. The second-order valence-electron chi connectivity index (χ2n) is 3.88. The highest BCUT2D eigenvalue weighted by atomic mass is 16.5. The zero-order valence-corrected chi connectivity index (χ0v) is 11.5. The molecule has 0 amide bonds. The molecule has 0 aliphatic rings. The Morgan fingerprint density at radius 1 is 1.25 bits per heavy atom. The van der Waals surface area contributed by atoms with Gasteiger partial charge in [-0.05, 0) is 6.42 Å². The number of ether oxygens (including phenoxy) is 1. The first kappa shape index (κ1) is 20.2. The average molecular weight is 289 g/mol. The predicted molar refractivity (Wildman–Crippen MR) is 66.6 cm³/mol. The number of esters is 1. The maximum absolute atomic E-state index is 11.2. The molecule has 0 spiro atoms. The molecular formula is C12H19NO7. The van der Waals surface area contributed by atoms with E-state index in [0.717, 1.165) is 6.42 Å². The third kappa shape index (κ3) is 9.85. The summed E-state index contributed by atoms with van der Waals surface area (Å²) in [6.45, 7) is 3.43. The van der Waals surface area contributed by atoms with Gasteiger partial charge < -0.3 is 20.1 Å². The number of carbonyl (C=O) groups is 3. The Bertz CT molecular complexity index is 374. The molecule has 20 heavy (non-hydrogen) atoms. The fourth-order valence-electron chi connectivity index (χ4n) is 1.08. The van der Waals surface area contributed by atoms with E-state index in [1.807, 2.05) is 6.92 Å². The van der Waals surface area contributed by atoms with Crippen molar-refractivity contribution in [3.8, 4) is 6.07 Å². The van der Waals surface area contributed by atoms with Gasteiger partial charge in [-0.25, -0.2) is 4.79 Å². The number of hydrogen-bond donors (Lipinski definition) is 3. The topological polar surface area (TPSA) is 145 Å². The summed E-state index contributed by atoms with van der Waals surface area (Å²) >= 11 is 0. The van der Waals surface area contributed by atoms with Crippen LogP contribution in [0.2, 0.25) is 0 Å². The van der Waals surface area contributed by atoms with Crippen molar-refractivity contribution < 1.29 is 34.4 Å². The number of unbranched alkanes of at least 4 members (excludes halogenated alkanes) is 1. The van der Waals surface area contributed by atoms with E-state index in [4.69, 9.17) is 15.5 Å². The maximum atomic E-state index is 11.2. The molecule has 0 aliphatic carbocycles. The summed E-state index contributed by atoms with van der Waals surface area (Å²) in [5.74, 6) is -4.19. The van der Waals surface area contributed by atoms with Gasteiger partial charge in [-0.3, -0.25) is 9.59 Å². The van der Waals surface area contributed by atoms with Gasteiger partial charge >= 0.3 is 17.9 Å². The van der Waals surface area contributed by atoms with E-state index in [0.29, 0.717) is 6.42 Å². The van der Waals surface area contributed by atoms with Crippen LogP contribution in [0.5, 0.6) is 0 Å². The Balaban J connectivity index is 0.